The summed E-state index contributed by atoms with van der Waals surface area (Å²) in [5.74, 6) is -0.0983. The molecule has 0 spiro atoms. The highest BCUT2D eigenvalue weighted by Crippen LogP contribution is 2.38. The fourth-order valence-electron chi connectivity index (χ4n) is 3.74. The zero-order valence-electron chi connectivity index (χ0n) is 16.2. The summed E-state index contributed by atoms with van der Waals surface area (Å²) in [5, 5.41) is 17.3. The van der Waals surface area contributed by atoms with Gasteiger partial charge in [-0.2, -0.15) is 5.10 Å². The highest BCUT2D eigenvalue weighted by molar-refractivity contribution is 7.17. The van der Waals surface area contributed by atoms with Crippen molar-refractivity contribution in [1.29, 1.82) is 0 Å². The third-order valence-electron chi connectivity index (χ3n) is 5.21. The van der Waals surface area contributed by atoms with Crippen molar-refractivity contribution in [2.75, 3.05) is 24.7 Å². The zero-order chi connectivity index (χ0) is 20.7. The van der Waals surface area contributed by atoms with Gasteiger partial charge in [0.1, 0.15) is 21.9 Å². The normalized spacial score (nSPS) is 16.8. The molecule has 4 aromatic heterocycles. The number of aromatic nitrogens is 4. The highest BCUT2D eigenvalue weighted by atomic mass is 32.1. The van der Waals surface area contributed by atoms with Gasteiger partial charge in [-0.1, -0.05) is 0 Å². The first-order valence-electron chi connectivity index (χ1n) is 9.59. The average molecular weight is 421 g/mol. The Balaban J connectivity index is 1.76. The van der Waals surface area contributed by atoms with Crippen LogP contribution in [0.15, 0.2) is 42.7 Å². The molecule has 1 aliphatic heterocycles. The number of carboxylic acids is 1. The summed E-state index contributed by atoms with van der Waals surface area (Å²) in [6.45, 7) is 4.13. The first-order valence-corrected chi connectivity index (χ1v) is 10.4. The fraction of sp³-hybridized carbons (Fsp3) is 0.238. The van der Waals surface area contributed by atoms with Gasteiger partial charge in [0.2, 0.25) is 0 Å². The van der Waals surface area contributed by atoms with Crippen molar-refractivity contribution >= 4 is 34.0 Å². The largest absolute Gasteiger partial charge is 0.477 e. The van der Waals surface area contributed by atoms with Gasteiger partial charge in [0.25, 0.3) is 0 Å². The molecule has 30 heavy (non-hydrogen) atoms. The van der Waals surface area contributed by atoms with E-state index in [4.69, 9.17) is 9.72 Å². The van der Waals surface area contributed by atoms with Crippen LogP contribution in [-0.4, -0.2) is 57.0 Å². The Hall–Kier alpha value is -3.30. The van der Waals surface area contributed by atoms with Gasteiger partial charge in [0.15, 0.2) is 0 Å². The van der Waals surface area contributed by atoms with Crippen LogP contribution in [0, 0.1) is 0 Å². The Labute approximate surface area is 176 Å². The second-order valence-electron chi connectivity index (χ2n) is 7.14. The highest BCUT2D eigenvalue weighted by Gasteiger charge is 2.23. The molecule has 8 nitrogen and oxygen atoms in total. The molecule has 0 aliphatic carbocycles. The molecule has 4 aromatic rings. The molecular formula is C21H19N5O3S. The number of anilines is 1. The number of aromatic amines is 1. The molecule has 1 fully saturated rings. The third-order valence-corrected chi connectivity index (χ3v) is 6.32. The summed E-state index contributed by atoms with van der Waals surface area (Å²) in [7, 11) is 0. The number of thiophene rings is 1. The molecule has 152 valence electrons. The van der Waals surface area contributed by atoms with Crippen LogP contribution in [0.4, 0.5) is 5.82 Å². The van der Waals surface area contributed by atoms with E-state index in [1.165, 1.54) is 11.3 Å². The molecule has 1 aliphatic rings. The molecule has 2 N–H and O–H groups in total. The van der Waals surface area contributed by atoms with Crippen molar-refractivity contribution in [2.45, 2.75) is 13.0 Å². The Morgan fingerprint density at radius 2 is 2.20 bits per heavy atom. The summed E-state index contributed by atoms with van der Waals surface area (Å²) in [6.07, 6.45) is 3.43. The van der Waals surface area contributed by atoms with Gasteiger partial charge in [-0.05, 0) is 37.3 Å². The number of H-pyrrole nitrogens is 1. The van der Waals surface area contributed by atoms with E-state index in [2.05, 4.69) is 27.0 Å². The minimum Gasteiger partial charge on any atom is -0.477 e. The van der Waals surface area contributed by atoms with Crippen LogP contribution in [0.5, 0.6) is 0 Å². The van der Waals surface area contributed by atoms with Gasteiger partial charge in [0, 0.05) is 34.8 Å². The number of rotatable bonds is 4. The van der Waals surface area contributed by atoms with Crippen LogP contribution < -0.4 is 4.90 Å². The van der Waals surface area contributed by atoms with Crippen molar-refractivity contribution in [2.24, 2.45) is 0 Å². The van der Waals surface area contributed by atoms with E-state index in [-0.39, 0.29) is 6.04 Å². The van der Waals surface area contributed by atoms with E-state index in [1.54, 1.807) is 18.5 Å². The maximum Gasteiger partial charge on any atom is 0.345 e. The number of aromatic carboxylic acids is 1. The lowest BCUT2D eigenvalue weighted by Crippen LogP contribution is -2.44. The van der Waals surface area contributed by atoms with Crippen LogP contribution in [0.2, 0.25) is 0 Å². The van der Waals surface area contributed by atoms with Crippen LogP contribution in [-0.2, 0) is 4.74 Å². The Kier molecular flexibility index (Phi) is 4.68. The second kappa shape index (κ2) is 7.51. The number of morpholine rings is 1. The molecule has 0 amide bonds. The van der Waals surface area contributed by atoms with Gasteiger partial charge in [0.05, 0.1) is 24.9 Å². The number of pyridine rings is 2. The number of ether oxygens (including phenoxy) is 1. The number of nitrogens with zero attached hydrogens (tertiary/aromatic N) is 4. The van der Waals surface area contributed by atoms with Crippen LogP contribution in [0.25, 0.3) is 32.7 Å². The van der Waals surface area contributed by atoms with E-state index in [1.807, 2.05) is 24.3 Å². The number of hydrogen-bond donors (Lipinski definition) is 2. The SMILES string of the molecule is C[C@@H]1COCCN1c1cc(-c2ccc(C(=O)O)s2)c2ccnc(-c3ccn[nH]3)c2n1. The van der Waals surface area contributed by atoms with Crippen molar-refractivity contribution < 1.29 is 14.6 Å². The first kappa shape index (κ1) is 18.7. The van der Waals surface area contributed by atoms with Crippen molar-refractivity contribution in [1.82, 2.24) is 20.2 Å². The van der Waals surface area contributed by atoms with Gasteiger partial charge in [-0.15, -0.1) is 11.3 Å². The number of fused-ring (bicyclic) bond motifs is 1. The van der Waals surface area contributed by atoms with Crippen molar-refractivity contribution in [3.8, 4) is 21.8 Å². The number of carboxylic acid groups (broad SMARTS) is 1. The smallest absolute Gasteiger partial charge is 0.345 e. The van der Waals surface area contributed by atoms with Crippen molar-refractivity contribution in [3.05, 3.63) is 47.6 Å². The molecule has 9 heteroatoms. The van der Waals surface area contributed by atoms with Gasteiger partial charge in [-0.3, -0.25) is 10.1 Å². The first-order chi connectivity index (χ1) is 14.6. The topological polar surface area (TPSA) is 104 Å². The lowest BCUT2D eigenvalue weighted by atomic mass is 10.1. The molecule has 0 saturated carbocycles. The molecule has 5 rings (SSSR count). The standard InChI is InChI=1S/C21H19N5O3S/c1-12-11-29-9-8-26(12)18-10-14(16-2-3-17(30-16)21(27)28)13-4-6-22-20(19(13)24-18)15-5-7-23-25-15/h2-7,10,12H,8-9,11H2,1H3,(H,23,25)(H,27,28)/t12-/m1/s1. The van der Waals surface area contributed by atoms with E-state index in [0.29, 0.717) is 23.8 Å². The van der Waals surface area contributed by atoms with Gasteiger partial charge >= 0.3 is 5.97 Å². The predicted octanol–water partition coefficient (Wildman–Crippen LogP) is 3.67. The van der Waals surface area contributed by atoms with Crippen LogP contribution in [0.3, 0.4) is 0 Å². The van der Waals surface area contributed by atoms with Crippen LogP contribution in [0.1, 0.15) is 16.6 Å². The predicted molar refractivity (Wildman–Crippen MR) is 115 cm³/mol. The summed E-state index contributed by atoms with van der Waals surface area (Å²) in [4.78, 5) is 24.4. The molecule has 0 aromatic carbocycles. The van der Waals surface area contributed by atoms with E-state index in [9.17, 15) is 9.90 Å². The summed E-state index contributed by atoms with van der Waals surface area (Å²) in [5.41, 5.74) is 3.18. The zero-order valence-corrected chi connectivity index (χ0v) is 17.0. The van der Waals surface area contributed by atoms with Crippen molar-refractivity contribution in [3.63, 3.8) is 0 Å². The quantitative estimate of drug-likeness (QED) is 0.518. The minimum absolute atomic E-state index is 0.182. The van der Waals surface area contributed by atoms with Gasteiger partial charge in [-0.25, -0.2) is 9.78 Å². The summed E-state index contributed by atoms with van der Waals surface area (Å²) >= 11 is 1.26. The molecule has 1 atom stereocenters. The molecule has 0 radical (unpaired) electrons. The molecule has 5 heterocycles. The Bertz CT molecular complexity index is 1220. The lowest BCUT2D eigenvalue weighted by molar-refractivity contribution is 0.0702. The lowest BCUT2D eigenvalue weighted by Gasteiger charge is -2.34. The fourth-order valence-corrected chi connectivity index (χ4v) is 4.61. The van der Waals surface area contributed by atoms with E-state index in [0.717, 1.165) is 39.4 Å². The maximum atomic E-state index is 11.4. The number of hydrogen-bond acceptors (Lipinski definition) is 7. The molecular weight excluding hydrogens is 402 g/mol. The number of nitrogens with one attached hydrogen (secondary N) is 1. The van der Waals surface area contributed by atoms with E-state index >= 15 is 0 Å². The second-order valence-corrected chi connectivity index (χ2v) is 8.22. The number of carbonyl (C=O) groups is 1. The average Bonchev–Trinajstić information content (AvgIpc) is 3.45. The summed E-state index contributed by atoms with van der Waals surface area (Å²) < 4.78 is 5.59. The Morgan fingerprint density at radius 1 is 1.30 bits per heavy atom. The monoisotopic (exact) mass is 421 g/mol. The summed E-state index contributed by atoms with van der Waals surface area (Å²) in [6, 6.07) is 9.50. The van der Waals surface area contributed by atoms with Gasteiger partial charge < -0.3 is 14.7 Å². The Morgan fingerprint density at radius 3 is 2.93 bits per heavy atom. The molecule has 1 saturated heterocycles. The maximum absolute atomic E-state index is 11.4. The van der Waals surface area contributed by atoms with Crippen LogP contribution >= 0.6 is 11.3 Å². The molecule has 0 bridgehead atoms. The minimum atomic E-state index is -0.925. The third kappa shape index (κ3) is 3.21. The molecule has 0 unspecified atom stereocenters. The van der Waals surface area contributed by atoms with E-state index < -0.39 is 5.97 Å².